The molecule has 0 radical (unpaired) electrons. The number of anilines is 1. The molecule has 160 valence electrons. The second-order valence-electron chi connectivity index (χ2n) is 10.0. The van der Waals surface area contributed by atoms with E-state index in [9.17, 15) is 4.79 Å². The van der Waals surface area contributed by atoms with Crippen LogP contribution in [0.3, 0.4) is 0 Å². The highest BCUT2D eigenvalue weighted by Gasteiger charge is 2.52. The van der Waals surface area contributed by atoms with Crippen molar-refractivity contribution >= 4 is 24.5 Å². The highest BCUT2D eigenvalue weighted by molar-refractivity contribution is 6.62. The van der Waals surface area contributed by atoms with Crippen molar-refractivity contribution in [2.45, 2.75) is 84.7 Å². The largest absolute Gasteiger partial charge is 0.496 e. The minimum absolute atomic E-state index is 0.150. The average Bonchev–Trinajstić information content (AvgIpc) is 3.08. The average molecular weight is 403 g/mol. The topological polar surface area (TPSA) is 72.9 Å². The Morgan fingerprint density at radius 1 is 1.24 bits per heavy atom. The summed E-state index contributed by atoms with van der Waals surface area (Å²) in [6, 6.07) is 4.11. The quantitative estimate of drug-likeness (QED) is 0.782. The van der Waals surface area contributed by atoms with Crippen molar-refractivity contribution in [2.24, 2.45) is 0 Å². The van der Waals surface area contributed by atoms with Gasteiger partial charge in [-0.15, -0.1) is 0 Å². The van der Waals surface area contributed by atoms with Crippen LogP contribution in [0.15, 0.2) is 12.1 Å². The fourth-order valence-electron chi connectivity index (χ4n) is 3.45. The SMILES string of the molecule is Cc1nc(N[C@H]2CCN(C(=O)OC(C)(C)C)C2)ccc1B1OC(C)(C)C(C)(C)O1. The van der Waals surface area contributed by atoms with Crippen LogP contribution in [-0.4, -0.2) is 59.0 Å². The van der Waals surface area contributed by atoms with E-state index in [2.05, 4.69) is 5.32 Å². The van der Waals surface area contributed by atoms with E-state index in [1.165, 1.54) is 0 Å². The summed E-state index contributed by atoms with van der Waals surface area (Å²) < 4.78 is 17.7. The lowest BCUT2D eigenvalue weighted by atomic mass is 9.78. The molecular weight excluding hydrogens is 369 g/mol. The summed E-state index contributed by atoms with van der Waals surface area (Å²) in [7, 11) is -0.421. The third-order valence-electron chi connectivity index (χ3n) is 5.83. The number of nitrogens with one attached hydrogen (secondary N) is 1. The van der Waals surface area contributed by atoms with Crippen LogP contribution in [-0.2, 0) is 14.0 Å². The molecule has 1 amide bonds. The molecule has 0 bridgehead atoms. The van der Waals surface area contributed by atoms with Gasteiger partial charge in [0.1, 0.15) is 11.4 Å². The van der Waals surface area contributed by atoms with Gasteiger partial charge in [0.15, 0.2) is 0 Å². The van der Waals surface area contributed by atoms with E-state index in [1.54, 1.807) is 4.90 Å². The Bertz CT molecular complexity index is 760. The van der Waals surface area contributed by atoms with E-state index in [0.29, 0.717) is 13.1 Å². The maximum Gasteiger partial charge on any atom is 0.496 e. The number of carbonyl (C=O) groups excluding carboxylic acids is 1. The molecule has 0 saturated carbocycles. The van der Waals surface area contributed by atoms with Crippen LogP contribution in [0.1, 0.15) is 60.6 Å². The molecule has 2 saturated heterocycles. The van der Waals surface area contributed by atoms with Gasteiger partial charge in [0.25, 0.3) is 0 Å². The molecule has 8 heteroatoms. The van der Waals surface area contributed by atoms with E-state index in [1.807, 2.05) is 67.5 Å². The molecule has 0 aromatic carbocycles. The number of ether oxygens (including phenoxy) is 1. The van der Waals surface area contributed by atoms with Crippen LogP contribution in [0.5, 0.6) is 0 Å². The van der Waals surface area contributed by atoms with Crippen LogP contribution < -0.4 is 10.8 Å². The Labute approximate surface area is 174 Å². The zero-order chi connectivity index (χ0) is 21.6. The standard InChI is InChI=1S/C21H34BN3O4/c1-14-16(22-28-20(5,6)21(7,8)29-22)9-10-17(23-14)24-15-11-12-25(13-15)18(26)27-19(2,3)4/h9-10,15H,11-13H2,1-8H3,(H,23,24)/t15-/m0/s1. The van der Waals surface area contributed by atoms with Crippen LogP contribution in [0.25, 0.3) is 0 Å². The molecule has 3 heterocycles. The highest BCUT2D eigenvalue weighted by atomic mass is 16.7. The van der Waals surface area contributed by atoms with Crippen molar-refractivity contribution < 1.29 is 18.8 Å². The number of hydrogen-bond donors (Lipinski definition) is 1. The molecule has 0 unspecified atom stereocenters. The first-order valence-corrected chi connectivity index (χ1v) is 10.3. The molecule has 2 fully saturated rings. The third-order valence-corrected chi connectivity index (χ3v) is 5.83. The van der Waals surface area contributed by atoms with Crippen LogP contribution in [0, 0.1) is 6.92 Å². The summed E-state index contributed by atoms with van der Waals surface area (Å²) in [5, 5.41) is 3.44. The molecule has 29 heavy (non-hydrogen) atoms. The number of aryl methyl sites for hydroxylation is 1. The summed E-state index contributed by atoms with van der Waals surface area (Å²) in [5.74, 6) is 0.791. The van der Waals surface area contributed by atoms with Gasteiger partial charge in [-0.1, -0.05) is 6.07 Å². The summed E-state index contributed by atoms with van der Waals surface area (Å²) >= 11 is 0. The summed E-state index contributed by atoms with van der Waals surface area (Å²) in [6.07, 6.45) is 0.598. The second-order valence-corrected chi connectivity index (χ2v) is 10.0. The molecule has 7 nitrogen and oxygen atoms in total. The minimum Gasteiger partial charge on any atom is -0.444 e. The van der Waals surface area contributed by atoms with Crippen LogP contribution >= 0.6 is 0 Å². The monoisotopic (exact) mass is 403 g/mol. The minimum atomic E-state index is -0.482. The predicted molar refractivity (Wildman–Crippen MR) is 115 cm³/mol. The van der Waals surface area contributed by atoms with Crippen LogP contribution in [0.4, 0.5) is 10.6 Å². The Balaban J connectivity index is 1.61. The van der Waals surface area contributed by atoms with Crippen molar-refractivity contribution in [2.75, 3.05) is 18.4 Å². The van der Waals surface area contributed by atoms with Crippen LogP contribution in [0.2, 0.25) is 0 Å². The number of rotatable bonds is 3. The predicted octanol–water partition coefficient (Wildman–Crippen LogP) is 3.11. The van der Waals surface area contributed by atoms with E-state index in [4.69, 9.17) is 19.0 Å². The maximum atomic E-state index is 12.2. The molecule has 1 aromatic rings. The second kappa shape index (κ2) is 7.47. The fraction of sp³-hybridized carbons (Fsp3) is 0.714. The first kappa shape index (κ1) is 21.9. The first-order valence-electron chi connectivity index (χ1n) is 10.3. The summed E-state index contributed by atoms with van der Waals surface area (Å²) in [6.45, 7) is 17.1. The Hall–Kier alpha value is -1.80. The van der Waals surface area contributed by atoms with Crippen molar-refractivity contribution in [3.8, 4) is 0 Å². The maximum absolute atomic E-state index is 12.2. The zero-order valence-electron chi connectivity index (χ0n) is 19.0. The lowest BCUT2D eigenvalue weighted by molar-refractivity contribution is 0.00578. The number of aromatic nitrogens is 1. The number of carbonyl (C=O) groups is 1. The Morgan fingerprint density at radius 2 is 1.86 bits per heavy atom. The molecule has 1 atom stereocenters. The van der Waals surface area contributed by atoms with E-state index >= 15 is 0 Å². The van der Waals surface area contributed by atoms with Gasteiger partial charge < -0.3 is 24.3 Å². The van der Waals surface area contributed by atoms with Gasteiger partial charge in [0.2, 0.25) is 0 Å². The Morgan fingerprint density at radius 3 is 2.41 bits per heavy atom. The summed E-state index contributed by atoms with van der Waals surface area (Å²) in [4.78, 5) is 18.7. The van der Waals surface area contributed by atoms with Gasteiger partial charge in [-0.05, 0) is 67.9 Å². The smallest absolute Gasteiger partial charge is 0.444 e. The first-order chi connectivity index (χ1) is 13.3. The number of pyridine rings is 1. The van der Waals surface area contributed by atoms with Crippen molar-refractivity contribution in [1.29, 1.82) is 0 Å². The molecule has 1 aromatic heterocycles. The van der Waals surface area contributed by atoms with Gasteiger partial charge >= 0.3 is 13.2 Å². The molecule has 3 rings (SSSR count). The summed E-state index contributed by atoms with van der Waals surface area (Å²) in [5.41, 5.74) is 0.572. The van der Waals surface area contributed by atoms with Gasteiger partial charge in [-0.2, -0.15) is 0 Å². The van der Waals surface area contributed by atoms with Crippen molar-refractivity contribution in [3.05, 3.63) is 17.8 Å². The highest BCUT2D eigenvalue weighted by Crippen LogP contribution is 2.36. The Kier molecular flexibility index (Phi) is 5.64. The number of nitrogens with zero attached hydrogens (tertiary/aromatic N) is 2. The third kappa shape index (κ3) is 4.86. The number of amides is 1. The van der Waals surface area contributed by atoms with E-state index in [-0.39, 0.29) is 23.3 Å². The van der Waals surface area contributed by atoms with Gasteiger partial charge in [-0.25, -0.2) is 9.78 Å². The van der Waals surface area contributed by atoms with Gasteiger partial charge in [0, 0.05) is 30.3 Å². The van der Waals surface area contributed by atoms with E-state index in [0.717, 1.165) is 23.4 Å². The van der Waals surface area contributed by atoms with E-state index < -0.39 is 12.7 Å². The molecule has 0 spiro atoms. The lowest BCUT2D eigenvalue weighted by Gasteiger charge is -2.32. The lowest BCUT2D eigenvalue weighted by Crippen LogP contribution is -2.41. The number of likely N-dealkylation sites (tertiary alicyclic amines) is 1. The molecule has 1 N–H and O–H groups in total. The molecular formula is C21H34BN3O4. The molecule has 0 aliphatic carbocycles. The van der Waals surface area contributed by atoms with Crippen molar-refractivity contribution in [1.82, 2.24) is 9.88 Å². The molecule has 2 aliphatic heterocycles. The zero-order valence-corrected chi connectivity index (χ0v) is 19.0. The van der Waals surface area contributed by atoms with Crippen molar-refractivity contribution in [3.63, 3.8) is 0 Å². The number of hydrogen-bond acceptors (Lipinski definition) is 6. The van der Waals surface area contributed by atoms with Gasteiger partial charge in [-0.3, -0.25) is 0 Å². The normalized spacial score (nSPS) is 23.4. The molecule has 2 aliphatic rings. The fourth-order valence-corrected chi connectivity index (χ4v) is 3.45. The van der Waals surface area contributed by atoms with Gasteiger partial charge in [0.05, 0.1) is 11.2 Å².